The summed E-state index contributed by atoms with van der Waals surface area (Å²) in [7, 11) is -3.54. The fourth-order valence-electron chi connectivity index (χ4n) is 2.45. The molecule has 0 bridgehead atoms. The number of aromatic nitrogens is 5. The summed E-state index contributed by atoms with van der Waals surface area (Å²) in [5, 5.41) is 15.2. The summed E-state index contributed by atoms with van der Waals surface area (Å²) in [5.41, 5.74) is 8.31. The maximum atomic E-state index is 12.3. The number of aryl methyl sites for hydroxylation is 2. The summed E-state index contributed by atoms with van der Waals surface area (Å²) in [4.78, 5) is 17.4. The van der Waals surface area contributed by atoms with Crippen molar-refractivity contribution in [2.75, 3.05) is 12.3 Å². The number of hydrogen-bond donors (Lipinski definition) is 3. The number of carbonyl (C=O) groups is 1. The lowest BCUT2D eigenvalue weighted by Crippen LogP contribution is -2.26. The minimum Gasteiger partial charge on any atom is -0.475 e. The number of anilines is 1. The van der Waals surface area contributed by atoms with E-state index < -0.39 is 22.2 Å². The number of aliphatic carboxylic acids is 1. The van der Waals surface area contributed by atoms with E-state index in [0.717, 1.165) is 11.1 Å². The Hall–Kier alpha value is -3.59. The van der Waals surface area contributed by atoms with Crippen molar-refractivity contribution in [3.05, 3.63) is 59.3 Å². The van der Waals surface area contributed by atoms with Gasteiger partial charge < -0.3 is 10.8 Å². The Morgan fingerprint density at radius 2 is 1.82 bits per heavy atom. The van der Waals surface area contributed by atoms with Crippen LogP contribution in [-0.4, -0.2) is 57.2 Å². The largest absolute Gasteiger partial charge is 0.490 e. The fraction of sp³-hybridized carbons (Fsp3) is 0.316. The number of carboxylic acids is 1. The van der Waals surface area contributed by atoms with Gasteiger partial charge >= 0.3 is 12.1 Å². The van der Waals surface area contributed by atoms with E-state index >= 15 is 0 Å². The molecule has 0 aliphatic rings. The smallest absolute Gasteiger partial charge is 0.475 e. The average molecular weight is 501 g/mol. The summed E-state index contributed by atoms with van der Waals surface area (Å²) >= 11 is 0. The number of sulfonamides is 1. The molecule has 0 radical (unpaired) electrons. The summed E-state index contributed by atoms with van der Waals surface area (Å²) in [5.74, 6) is -1.74. The molecule has 2 heterocycles. The molecule has 0 spiro atoms. The highest BCUT2D eigenvalue weighted by Gasteiger charge is 2.38. The van der Waals surface area contributed by atoms with Crippen molar-refractivity contribution in [2.24, 2.45) is 0 Å². The predicted octanol–water partition coefficient (Wildman–Crippen LogP) is 1.47. The van der Waals surface area contributed by atoms with Gasteiger partial charge in [0, 0.05) is 30.9 Å². The van der Waals surface area contributed by atoms with E-state index in [1.54, 1.807) is 48.3 Å². The zero-order valence-corrected chi connectivity index (χ0v) is 18.9. The summed E-state index contributed by atoms with van der Waals surface area (Å²) < 4.78 is 60.5. The molecule has 0 aliphatic heterocycles. The molecule has 3 aromatic rings. The first kappa shape index (κ1) is 26.7. The van der Waals surface area contributed by atoms with Gasteiger partial charge in [0.15, 0.2) is 0 Å². The van der Waals surface area contributed by atoms with Crippen LogP contribution in [-0.2, 0) is 27.8 Å². The zero-order chi connectivity index (χ0) is 25.5. The Balaban J connectivity index is 0.000000509. The second kappa shape index (κ2) is 11.0. The minimum atomic E-state index is -5.08. The van der Waals surface area contributed by atoms with Crippen LogP contribution < -0.4 is 10.5 Å². The van der Waals surface area contributed by atoms with Crippen LogP contribution in [0, 0.1) is 13.8 Å². The number of benzene rings is 1. The first-order chi connectivity index (χ1) is 15.8. The van der Waals surface area contributed by atoms with Crippen LogP contribution in [0.3, 0.4) is 0 Å². The van der Waals surface area contributed by atoms with Crippen molar-refractivity contribution in [1.82, 2.24) is 29.7 Å². The first-order valence-electron chi connectivity index (χ1n) is 9.61. The molecule has 0 saturated heterocycles. The molecule has 4 N–H and O–H groups in total. The number of nitrogen functional groups attached to an aromatic ring is 1. The van der Waals surface area contributed by atoms with Gasteiger partial charge in [0.1, 0.15) is 11.6 Å². The van der Waals surface area contributed by atoms with Gasteiger partial charge in [-0.2, -0.15) is 13.2 Å². The van der Waals surface area contributed by atoms with Crippen LogP contribution in [0.4, 0.5) is 19.0 Å². The van der Waals surface area contributed by atoms with Crippen LogP contribution in [0.15, 0.2) is 41.6 Å². The van der Waals surface area contributed by atoms with Crippen LogP contribution in [0.5, 0.6) is 0 Å². The number of nitrogens with zero attached hydrogens (tertiary/aromatic N) is 5. The lowest BCUT2D eigenvalue weighted by atomic mass is 10.2. The molecule has 1 aromatic carbocycles. The third kappa shape index (κ3) is 8.08. The lowest BCUT2D eigenvalue weighted by molar-refractivity contribution is -0.192. The molecule has 11 nitrogen and oxygen atoms in total. The highest BCUT2D eigenvalue weighted by molar-refractivity contribution is 7.89. The Kier molecular flexibility index (Phi) is 8.64. The summed E-state index contributed by atoms with van der Waals surface area (Å²) in [6, 6.07) is 6.70. The molecule has 0 aliphatic carbocycles. The normalized spacial score (nSPS) is 11.6. The Morgan fingerprint density at radius 1 is 1.21 bits per heavy atom. The topological polar surface area (TPSA) is 166 Å². The molecule has 184 valence electrons. The van der Waals surface area contributed by atoms with Gasteiger partial charge in [0.25, 0.3) is 0 Å². The van der Waals surface area contributed by atoms with Crippen molar-refractivity contribution in [1.29, 1.82) is 0 Å². The maximum Gasteiger partial charge on any atom is 0.490 e. The van der Waals surface area contributed by atoms with Gasteiger partial charge in [-0.25, -0.2) is 32.6 Å². The van der Waals surface area contributed by atoms with Crippen LogP contribution in [0.1, 0.15) is 22.6 Å². The number of rotatable bonds is 7. The van der Waals surface area contributed by atoms with E-state index in [-0.39, 0.29) is 11.4 Å². The van der Waals surface area contributed by atoms with Gasteiger partial charge in [-0.05, 0) is 26.0 Å². The van der Waals surface area contributed by atoms with Crippen molar-refractivity contribution in [3.63, 3.8) is 0 Å². The van der Waals surface area contributed by atoms with Crippen molar-refractivity contribution < 1.29 is 31.5 Å². The SMILES string of the molecule is Cc1ccc(S(=O)(=O)NCCc2cn(Cc3cnc(C)nc3N)nn2)cc1.O=C(O)C(F)(F)F. The molecular weight excluding hydrogens is 479 g/mol. The Bertz CT molecular complexity index is 1230. The molecule has 0 amide bonds. The molecule has 3 rings (SSSR count). The molecular formula is C19H22F3N7O4S. The quantitative estimate of drug-likeness (QED) is 0.434. The molecule has 2 aromatic heterocycles. The first-order valence-corrected chi connectivity index (χ1v) is 11.1. The monoisotopic (exact) mass is 501 g/mol. The van der Waals surface area contributed by atoms with E-state index in [1.807, 2.05) is 6.92 Å². The van der Waals surface area contributed by atoms with E-state index in [0.29, 0.717) is 30.3 Å². The lowest BCUT2D eigenvalue weighted by Gasteiger charge is -2.06. The Labute approximate surface area is 192 Å². The number of carboxylic acid groups (broad SMARTS) is 1. The van der Waals surface area contributed by atoms with Crippen LogP contribution >= 0.6 is 0 Å². The number of nitrogens with one attached hydrogen (secondary N) is 1. The van der Waals surface area contributed by atoms with E-state index in [2.05, 4.69) is 25.0 Å². The third-order valence-electron chi connectivity index (χ3n) is 4.18. The van der Waals surface area contributed by atoms with Gasteiger partial charge in [-0.1, -0.05) is 22.9 Å². The molecule has 0 fully saturated rings. The van der Waals surface area contributed by atoms with E-state index in [9.17, 15) is 21.6 Å². The molecule has 0 saturated carbocycles. The van der Waals surface area contributed by atoms with Gasteiger partial charge in [-0.15, -0.1) is 5.10 Å². The van der Waals surface area contributed by atoms with Crippen LogP contribution in [0.25, 0.3) is 0 Å². The maximum absolute atomic E-state index is 12.3. The standard InChI is InChI=1S/C17H21N7O2S.C2HF3O2/c1-12-3-5-16(6-4-12)27(25,26)20-8-7-15-11-24(23-22-15)10-14-9-19-13(2)21-17(14)18;3-2(4,5)1(6)7/h3-6,9,11,20H,7-8,10H2,1-2H3,(H2,18,19,21);(H,6,7). The summed E-state index contributed by atoms with van der Waals surface area (Å²) in [6.45, 7) is 4.30. The number of halogens is 3. The van der Waals surface area contributed by atoms with Gasteiger partial charge in [-0.3, -0.25) is 0 Å². The fourth-order valence-corrected chi connectivity index (χ4v) is 3.49. The highest BCUT2D eigenvalue weighted by atomic mass is 32.2. The highest BCUT2D eigenvalue weighted by Crippen LogP contribution is 2.13. The predicted molar refractivity (Wildman–Crippen MR) is 114 cm³/mol. The molecule has 0 unspecified atom stereocenters. The molecule has 0 atom stereocenters. The van der Waals surface area contributed by atoms with Crippen molar-refractivity contribution in [2.45, 2.75) is 37.9 Å². The number of alkyl halides is 3. The van der Waals surface area contributed by atoms with E-state index in [4.69, 9.17) is 15.6 Å². The van der Waals surface area contributed by atoms with Gasteiger partial charge in [0.05, 0.1) is 17.1 Å². The van der Waals surface area contributed by atoms with Crippen molar-refractivity contribution in [3.8, 4) is 0 Å². The number of hydrogen-bond acceptors (Lipinski definition) is 8. The second-order valence-corrected chi connectivity index (χ2v) is 8.77. The third-order valence-corrected chi connectivity index (χ3v) is 5.66. The van der Waals surface area contributed by atoms with E-state index in [1.165, 1.54) is 0 Å². The van der Waals surface area contributed by atoms with Gasteiger partial charge in [0.2, 0.25) is 10.0 Å². The minimum absolute atomic E-state index is 0.227. The second-order valence-electron chi connectivity index (χ2n) is 7.00. The zero-order valence-electron chi connectivity index (χ0n) is 18.1. The average Bonchev–Trinajstić information content (AvgIpc) is 3.17. The molecule has 34 heavy (non-hydrogen) atoms. The summed E-state index contributed by atoms with van der Waals surface area (Å²) in [6.07, 6.45) is -1.25. The van der Waals surface area contributed by atoms with Crippen LogP contribution in [0.2, 0.25) is 0 Å². The number of nitrogens with two attached hydrogens (primary N) is 1. The Morgan fingerprint density at radius 3 is 2.38 bits per heavy atom. The molecule has 15 heteroatoms. The van der Waals surface area contributed by atoms with Crippen molar-refractivity contribution >= 4 is 21.8 Å².